The van der Waals surface area contributed by atoms with Crippen LogP contribution in [0, 0.1) is 6.92 Å². The Hall–Kier alpha value is -2.47. The van der Waals surface area contributed by atoms with E-state index in [-0.39, 0.29) is 5.91 Å². The van der Waals surface area contributed by atoms with E-state index >= 15 is 0 Å². The highest BCUT2D eigenvalue weighted by atomic mass is 16.5. The zero-order chi connectivity index (χ0) is 17.5. The van der Waals surface area contributed by atoms with E-state index in [0.717, 1.165) is 25.9 Å². The van der Waals surface area contributed by atoms with Gasteiger partial charge in [-0.2, -0.15) is 0 Å². The van der Waals surface area contributed by atoms with Crippen molar-refractivity contribution in [1.82, 2.24) is 15.3 Å². The van der Waals surface area contributed by atoms with Gasteiger partial charge in [-0.1, -0.05) is 30.3 Å². The van der Waals surface area contributed by atoms with E-state index in [1.54, 1.807) is 6.20 Å². The molecule has 132 valence electrons. The lowest BCUT2D eigenvalue weighted by Gasteiger charge is -2.27. The van der Waals surface area contributed by atoms with Crippen LogP contribution in [0.4, 0.5) is 5.95 Å². The van der Waals surface area contributed by atoms with Crippen molar-refractivity contribution in [3.63, 3.8) is 0 Å². The summed E-state index contributed by atoms with van der Waals surface area (Å²) in [5.41, 5.74) is 2.53. The molecular formula is C19H24N4O2. The molecule has 1 aromatic heterocycles. The van der Waals surface area contributed by atoms with Gasteiger partial charge in [0.2, 0.25) is 5.95 Å². The second kappa shape index (κ2) is 8.58. The van der Waals surface area contributed by atoms with Crippen LogP contribution in [0.1, 0.15) is 28.0 Å². The number of ether oxygens (including phenoxy) is 1. The van der Waals surface area contributed by atoms with Gasteiger partial charge in [0.1, 0.15) is 0 Å². The first-order chi connectivity index (χ1) is 12.2. The minimum absolute atomic E-state index is 0.112. The quantitative estimate of drug-likeness (QED) is 0.815. The molecule has 1 aliphatic heterocycles. The average molecular weight is 340 g/mol. The van der Waals surface area contributed by atoms with Gasteiger partial charge in [-0.15, -0.1) is 0 Å². The topological polar surface area (TPSA) is 67.3 Å². The van der Waals surface area contributed by atoms with Gasteiger partial charge >= 0.3 is 0 Å². The van der Waals surface area contributed by atoms with Crippen molar-refractivity contribution in [3.8, 4) is 0 Å². The number of aromatic nitrogens is 2. The SMILES string of the molecule is Cc1nc(N2CCOCC2)ncc1C(=O)NCCCc1ccccc1. The molecule has 0 bridgehead atoms. The third-order valence-electron chi connectivity index (χ3n) is 4.28. The fourth-order valence-corrected chi connectivity index (χ4v) is 2.83. The van der Waals surface area contributed by atoms with Crippen molar-refractivity contribution < 1.29 is 9.53 Å². The van der Waals surface area contributed by atoms with Crippen molar-refractivity contribution in [3.05, 3.63) is 53.3 Å². The van der Waals surface area contributed by atoms with Crippen molar-refractivity contribution in [2.75, 3.05) is 37.7 Å². The molecule has 3 rings (SSSR count). The van der Waals surface area contributed by atoms with Crippen LogP contribution in [0.25, 0.3) is 0 Å². The number of nitrogens with zero attached hydrogens (tertiary/aromatic N) is 3. The number of anilines is 1. The first kappa shape index (κ1) is 17.4. The summed E-state index contributed by atoms with van der Waals surface area (Å²) in [6, 6.07) is 10.3. The van der Waals surface area contributed by atoms with Crippen LogP contribution in [0.5, 0.6) is 0 Å². The summed E-state index contributed by atoms with van der Waals surface area (Å²) in [4.78, 5) is 23.3. The van der Waals surface area contributed by atoms with E-state index in [0.29, 0.717) is 37.0 Å². The van der Waals surface area contributed by atoms with Crippen LogP contribution in [0.2, 0.25) is 0 Å². The molecule has 0 aliphatic carbocycles. The van der Waals surface area contributed by atoms with Crippen LogP contribution in [0.3, 0.4) is 0 Å². The first-order valence-corrected chi connectivity index (χ1v) is 8.72. The minimum Gasteiger partial charge on any atom is -0.378 e. The van der Waals surface area contributed by atoms with Gasteiger partial charge in [-0.3, -0.25) is 4.79 Å². The maximum atomic E-state index is 12.3. The molecule has 1 aromatic carbocycles. The van der Waals surface area contributed by atoms with Gasteiger partial charge in [0.25, 0.3) is 5.91 Å². The molecule has 1 aliphatic rings. The largest absolute Gasteiger partial charge is 0.378 e. The lowest BCUT2D eigenvalue weighted by atomic mass is 10.1. The number of amides is 1. The molecule has 1 saturated heterocycles. The van der Waals surface area contributed by atoms with Crippen molar-refractivity contribution in [2.45, 2.75) is 19.8 Å². The molecule has 25 heavy (non-hydrogen) atoms. The van der Waals surface area contributed by atoms with Crippen molar-refractivity contribution in [2.24, 2.45) is 0 Å². The number of rotatable bonds is 6. The lowest BCUT2D eigenvalue weighted by molar-refractivity contribution is 0.0951. The van der Waals surface area contributed by atoms with Crippen molar-refractivity contribution in [1.29, 1.82) is 0 Å². The Balaban J connectivity index is 1.51. The molecule has 1 fully saturated rings. The maximum absolute atomic E-state index is 12.3. The second-order valence-corrected chi connectivity index (χ2v) is 6.11. The number of morpholine rings is 1. The highest BCUT2D eigenvalue weighted by Crippen LogP contribution is 2.13. The van der Waals surface area contributed by atoms with E-state index in [4.69, 9.17) is 4.74 Å². The van der Waals surface area contributed by atoms with E-state index < -0.39 is 0 Å². The minimum atomic E-state index is -0.112. The first-order valence-electron chi connectivity index (χ1n) is 8.72. The Bertz CT molecular complexity index is 700. The molecule has 2 aromatic rings. The molecule has 0 unspecified atom stereocenters. The monoisotopic (exact) mass is 340 g/mol. The van der Waals surface area contributed by atoms with E-state index in [1.807, 2.05) is 25.1 Å². The smallest absolute Gasteiger partial charge is 0.254 e. The Morgan fingerprint density at radius 2 is 2.00 bits per heavy atom. The van der Waals surface area contributed by atoms with Gasteiger partial charge in [-0.05, 0) is 25.3 Å². The van der Waals surface area contributed by atoms with Gasteiger partial charge in [0.15, 0.2) is 0 Å². The zero-order valence-corrected chi connectivity index (χ0v) is 14.6. The van der Waals surface area contributed by atoms with E-state index in [2.05, 4.69) is 32.3 Å². The number of carbonyl (C=O) groups excluding carboxylic acids is 1. The molecule has 0 spiro atoms. The van der Waals surface area contributed by atoms with Gasteiger partial charge in [0, 0.05) is 25.8 Å². The molecule has 6 nitrogen and oxygen atoms in total. The molecule has 0 radical (unpaired) electrons. The molecular weight excluding hydrogens is 316 g/mol. The number of carbonyl (C=O) groups is 1. The fraction of sp³-hybridized carbons (Fsp3) is 0.421. The molecule has 0 saturated carbocycles. The lowest BCUT2D eigenvalue weighted by Crippen LogP contribution is -2.37. The number of benzene rings is 1. The van der Waals surface area contributed by atoms with E-state index in [9.17, 15) is 4.79 Å². The summed E-state index contributed by atoms with van der Waals surface area (Å²) in [7, 11) is 0. The van der Waals surface area contributed by atoms with Crippen LogP contribution < -0.4 is 10.2 Å². The maximum Gasteiger partial charge on any atom is 0.254 e. The predicted molar refractivity (Wildman–Crippen MR) is 96.9 cm³/mol. The zero-order valence-electron chi connectivity index (χ0n) is 14.6. The van der Waals surface area contributed by atoms with Crippen LogP contribution in [0.15, 0.2) is 36.5 Å². The summed E-state index contributed by atoms with van der Waals surface area (Å²) < 4.78 is 5.34. The van der Waals surface area contributed by atoms with Gasteiger partial charge in [0.05, 0.1) is 24.5 Å². The molecule has 2 heterocycles. The van der Waals surface area contributed by atoms with Crippen LogP contribution in [-0.2, 0) is 11.2 Å². The standard InChI is InChI=1S/C19H24N4O2/c1-15-17(14-21-19(22-15)23-10-12-25-13-11-23)18(24)20-9-5-8-16-6-3-2-4-7-16/h2-4,6-7,14H,5,8-13H2,1H3,(H,20,24). The molecule has 6 heteroatoms. The van der Waals surface area contributed by atoms with Crippen molar-refractivity contribution >= 4 is 11.9 Å². The summed E-state index contributed by atoms with van der Waals surface area (Å²) >= 11 is 0. The molecule has 1 N–H and O–H groups in total. The normalized spacial score (nSPS) is 14.4. The number of hydrogen-bond donors (Lipinski definition) is 1. The Labute approximate surface area is 148 Å². The Morgan fingerprint density at radius 3 is 2.72 bits per heavy atom. The third kappa shape index (κ3) is 4.76. The highest BCUT2D eigenvalue weighted by molar-refractivity contribution is 5.94. The summed E-state index contributed by atoms with van der Waals surface area (Å²) in [6.07, 6.45) is 3.48. The third-order valence-corrected chi connectivity index (χ3v) is 4.28. The van der Waals surface area contributed by atoms with Gasteiger partial charge < -0.3 is 15.0 Å². The van der Waals surface area contributed by atoms with Gasteiger partial charge in [-0.25, -0.2) is 9.97 Å². The summed E-state index contributed by atoms with van der Waals surface area (Å²) in [5.74, 6) is 0.556. The van der Waals surface area contributed by atoms with E-state index in [1.165, 1.54) is 5.56 Å². The number of hydrogen-bond acceptors (Lipinski definition) is 5. The second-order valence-electron chi connectivity index (χ2n) is 6.11. The number of nitrogens with one attached hydrogen (secondary N) is 1. The Kier molecular flexibility index (Phi) is 5.95. The average Bonchev–Trinajstić information content (AvgIpc) is 2.66. The predicted octanol–water partition coefficient (Wildman–Crippen LogP) is 1.98. The van der Waals surface area contributed by atoms with Crippen LogP contribution in [-0.4, -0.2) is 48.7 Å². The fourth-order valence-electron chi connectivity index (χ4n) is 2.83. The summed E-state index contributed by atoms with van der Waals surface area (Å²) in [6.45, 7) is 5.43. The highest BCUT2D eigenvalue weighted by Gasteiger charge is 2.17. The summed E-state index contributed by atoms with van der Waals surface area (Å²) in [5, 5.41) is 2.96. The van der Waals surface area contributed by atoms with Crippen LogP contribution >= 0.6 is 0 Å². The molecule has 0 atom stereocenters. The Morgan fingerprint density at radius 1 is 1.24 bits per heavy atom. The molecule has 1 amide bonds. The number of aryl methyl sites for hydroxylation is 2.